The second kappa shape index (κ2) is 9.48. The van der Waals surface area contributed by atoms with Crippen LogP contribution >= 0.6 is 0 Å². The average Bonchev–Trinajstić information content (AvgIpc) is 2.66. The molecule has 0 spiro atoms. The van der Waals surface area contributed by atoms with Crippen molar-refractivity contribution < 1.29 is 24.2 Å². The molecule has 0 saturated heterocycles. The first kappa shape index (κ1) is 19.3. The molecule has 2 N–H and O–H groups in total. The minimum atomic E-state index is -1.11. The second-order valence-electron chi connectivity index (χ2n) is 5.87. The van der Waals surface area contributed by atoms with Gasteiger partial charge in [-0.05, 0) is 12.5 Å². The normalized spacial score (nSPS) is 12.8. The highest BCUT2D eigenvalue weighted by atomic mass is 16.5. The van der Waals surface area contributed by atoms with Gasteiger partial charge in [0, 0.05) is 12.0 Å². The van der Waals surface area contributed by atoms with Crippen LogP contribution in [0.25, 0.3) is 0 Å². The highest BCUT2D eigenvalue weighted by Crippen LogP contribution is 2.09. The van der Waals surface area contributed by atoms with Crippen LogP contribution in [-0.4, -0.2) is 34.9 Å². The maximum absolute atomic E-state index is 12.4. The lowest BCUT2D eigenvalue weighted by Gasteiger charge is -2.19. The summed E-state index contributed by atoms with van der Waals surface area (Å²) in [5.74, 6) is -2.04. The Kier molecular flexibility index (Phi) is 7.05. The summed E-state index contributed by atoms with van der Waals surface area (Å²) in [5, 5.41) is 11.7. The van der Waals surface area contributed by atoms with Gasteiger partial charge < -0.3 is 9.84 Å². The van der Waals surface area contributed by atoms with Crippen molar-refractivity contribution in [2.75, 3.05) is 0 Å². The molecule has 2 rings (SSSR count). The number of ether oxygens (including phenoxy) is 1. The quantitative estimate of drug-likeness (QED) is 0.530. The zero-order chi connectivity index (χ0) is 18.9. The van der Waals surface area contributed by atoms with Crippen LogP contribution in [0.3, 0.4) is 0 Å². The van der Waals surface area contributed by atoms with Crippen LogP contribution in [0, 0.1) is 0 Å². The minimum Gasteiger partial charge on any atom is -0.480 e. The molecule has 0 heterocycles. The lowest BCUT2D eigenvalue weighted by Crippen LogP contribution is -2.47. The molecule has 2 atom stereocenters. The number of hydrogen-bond donors (Lipinski definition) is 2. The molecule has 0 bridgehead atoms. The summed E-state index contributed by atoms with van der Waals surface area (Å²) < 4.78 is 5.26. The van der Waals surface area contributed by atoms with E-state index in [4.69, 9.17) is 9.84 Å². The summed E-state index contributed by atoms with van der Waals surface area (Å²) in [6.07, 6.45) is -0.185. The van der Waals surface area contributed by atoms with Crippen LogP contribution in [0.5, 0.6) is 0 Å². The summed E-state index contributed by atoms with van der Waals surface area (Å²) in [6.45, 7) is 1.46. The number of nitrogens with one attached hydrogen (secondary N) is 1. The van der Waals surface area contributed by atoms with Gasteiger partial charge in [-0.1, -0.05) is 60.7 Å². The first-order valence-electron chi connectivity index (χ1n) is 8.25. The van der Waals surface area contributed by atoms with Gasteiger partial charge in [-0.15, -0.1) is 0 Å². The largest absolute Gasteiger partial charge is 0.480 e. The van der Waals surface area contributed by atoms with Crippen LogP contribution in [0.4, 0.5) is 0 Å². The third kappa shape index (κ3) is 5.82. The Morgan fingerprint density at radius 3 is 2.15 bits per heavy atom. The highest BCUT2D eigenvalue weighted by molar-refractivity contribution is 5.99. The van der Waals surface area contributed by atoms with E-state index < -0.39 is 24.0 Å². The third-order valence-corrected chi connectivity index (χ3v) is 3.82. The number of hydrogen-bond acceptors (Lipinski definition) is 5. The molecule has 0 aliphatic rings. The van der Waals surface area contributed by atoms with Crippen molar-refractivity contribution >= 4 is 17.7 Å². The van der Waals surface area contributed by atoms with E-state index >= 15 is 0 Å². The van der Waals surface area contributed by atoms with E-state index in [1.54, 1.807) is 30.3 Å². The topological polar surface area (TPSA) is 92.7 Å². The lowest BCUT2D eigenvalue weighted by atomic mass is 10.0. The lowest BCUT2D eigenvalue weighted by molar-refractivity contribution is -0.148. The molecule has 0 radical (unpaired) electrons. The molecule has 0 aliphatic carbocycles. The summed E-state index contributed by atoms with van der Waals surface area (Å²) >= 11 is 0. The highest BCUT2D eigenvalue weighted by Gasteiger charge is 2.27. The van der Waals surface area contributed by atoms with Crippen LogP contribution < -0.4 is 5.32 Å². The van der Waals surface area contributed by atoms with Crippen LogP contribution in [0.15, 0.2) is 60.7 Å². The van der Waals surface area contributed by atoms with Crippen molar-refractivity contribution in [2.45, 2.75) is 32.0 Å². The predicted molar refractivity (Wildman–Crippen MR) is 95.6 cm³/mol. The van der Waals surface area contributed by atoms with Crippen molar-refractivity contribution in [3.05, 3.63) is 71.8 Å². The maximum atomic E-state index is 12.4. The molecule has 0 amide bonds. The molecule has 0 saturated carbocycles. The molecular weight excluding hydrogens is 334 g/mol. The van der Waals surface area contributed by atoms with Crippen molar-refractivity contribution in [3.8, 4) is 0 Å². The standard InChI is InChI=1S/C20H21NO5/c1-14(19(23)24)21-17(12-18(22)16-10-6-3-7-11-16)20(25)26-13-15-8-4-2-5-9-15/h2-11,14,17,21H,12-13H2,1H3,(H,23,24)/t14-,17?/m0/s1. The Bertz CT molecular complexity index is 745. The maximum Gasteiger partial charge on any atom is 0.323 e. The molecule has 6 nitrogen and oxygen atoms in total. The summed E-state index contributed by atoms with van der Waals surface area (Å²) in [6, 6.07) is 15.6. The number of benzene rings is 2. The number of Topliss-reactive ketones (excluding diaryl/α,β-unsaturated/α-hetero) is 1. The van der Waals surface area contributed by atoms with Crippen LogP contribution in [0.2, 0.25) is 0 Å². The van der Waals surface area contributed by atoms with Gasteiger partial charge in [0.05, 0.1) is 0 Å². The van der Waals surface area contributed by atoms with Gasteiger partial charge in [-0.25, -0.2) is 0 Å². The number of carbonyl (C=O) groups is 3. The van der Waals surface area contributed by atoms with Gasteiger partial charge in [0.25, 0.3) is 0 Å². The fourth-order valence-corrected chi connectivity index (χ4v) is 2.34. The third-order valence-electron chi connectivity index (χ3n) is 3.82. The van der Waals surface area contributed by atoms with Crippen molar-refractivity contribution in [3.63, 3.8) is 0 Å². The zero-order valence-electron chi connectivity index (χ0n) is 14.4. The van der Waals surface area contributed by atoms with E-state index in [1.807, 2.05) is 30.3 Å². The monoisotopic (exact) mass is 355 g/mol. The number of carboxylic acid groups (broad SMARTS) is 1. The fraction of sp³-hybridized carbons (Fsp3) is 0.250. The predicted octanol–water partition coefficient (Wildman–Crippen LogP) is 2.43. The number of carbonyl (C=O) groups excluding carboxylic acids is 2. The Morgan fingerprint density at radius 1 is 1.00 bits per heavy atom. The number of ketones is 1. The molecule has 0 aromatic heterocycles. The van der Waals surface area contributed by atoms with Gasteiger partial charge >= 0.3 is 11.9 Å². The first-order valence-corrected chi connectivity index (χ1v) is 8.25. The molecule has 136 valence electrons. The Morgan fingerprint density at radius 2 is 1.58 bits per heavy atom. The second-order valence-corrected chi connectivity index (χ2v) is 5.87. The van der Waals surface area contributed by atoms with E-state index in [1.165, 1.54) is 6.92 Å². The Balaban J connectivity index is 2.05. The van der Waals surface area contributed by atoms with Gasteiger partial charge in [0.15, 0.2) is 5.78 Å². The SMILES string of the molecule is C[C@H](NC(CC(=O)c1ccccc1)C(=O)OCc1ccccc1)C(=O)O. The smallest absolute Gasteiger partial charge is 0.323 e. The molecule has 2 aromatic rings. The van der Waals surface area contributed by atoms with Gasteiger partial charge in [-0.2, -0.15) is 0 Å². The number of aliphatic carboxylic acids is 1. The van der Waals surface area contributed by atoms with Crippen LogP contribution in [-0.2, 0) is 20.9 Å². The van der Waals surface area contributed by atoms with E-state index in [9.17, 15) is 14.4 Å². The molecular formula is C20H21NO5. The number of carboxylic acids is 1. The molecule has 6 heteroatoms. The van der Waals surface area contributed by atoms with Gasteiger partial charge in [-0.3, -0.25) is 19.7 Å². The van der Waals surface area contributed by atoms with Crippen molar-refractivity contribution in [2.24, 2.45) is 0 Å². The fourth-order valence-electron chi connectivity index (χ4n) is 2.34. The van der Waals surface area contributed by atoms with Crippen LogP contribution in [0.1, 0.15) is 29.3 Å². The summed E-state index contributed by atoms with van der Waals surface area (Å²) in [5.41, 5.74) is 1.26. The van der Waals surface area contributed by atoms with E-state index in [0.29, 0.717) is 5.56 Å². The van der Waals surface area contributed by atoms with Gasteiger partial charge in [0.2, 0.25) is 0 Å². The molecule has 0 aliphatic heterocycles. The summed E-state index contributed by atoms with van der Waals surface area (Å²) in [7, 11) is 0. The zero-order valence-corrected chi connectivity index (χ0v) is 14.4. The molecule has 26 heavy (non-hydrogen) atoms. The summed E-state index contributed by atoms with van der Waals surface area (Å²) in [4.78, 5) is 35.9. The average molecular weight is 355 g/mol. The molecule has 0 fully saturated rings. The number of esters is 1. The van der Waals surface area contributed by atoms with Gasteiger partial charge in [0.1, 0.15) is 18.7 Å². The Hall–Kier alpha value is -2.99. The Labute approximate surface area is 151 Å². The number of rotatable bonds is 9. The van der Waals surface area contributed by atoms with Crippen molar-refractivity contribution in [1.29, 1.82) is 0 Å². The molecule has 1 unspecified atom stereocenters. The first-order chi connectivity index (χ1) is 12.5. The molecule has 2 aromatic carbocycles. The van der Waals surface area contributed by atoms with E-state index in [-0.39, 0.29) is 18.8 Å². The minimum absolute atomic E-state index is 0.0544. The van der Waals surface area contributed by atoms with E-state index in [0.717, 1.165) is 5.56 Å². The van der Waals surface area contributed by atoms with Crippen molar-refractivity contribution in [1.82, 2.24) is 5.32 Å². The van der Waals surface area contributed by atoms with E-state index in [2.05, 4.69) is 5.32 Å².